The molecule has 126 valence electrons. The van der Waals surface area contributed by atoms with Gasteiger partial charge in [0.05, 0.1) is 9.99 Å². The molecule has 4 rings (SSSR count). The lowest BCUT2D eigenvalue weighted by molar-refractivity contribution is 0.474. The maximum absolute atomic E-state index is 4.91. The van der Waals surface area contributed by atoms with Gasteiger partial charge in [0.1, 0.15) is 5.52 Å². The van der Waals surface area contributed by atoms with Gasteiger partial charge in [-0.15, -0.1) is 12.4 Å². The van der Waals surface area contributed by atoms with Crippen LogP contribution in [0.2, 0.25) is 0 Å². The van der Waals surface area contributed by atoms with Crippen LogP contribution < -0.4 is 10.6 Å². The van der Waals surface area contributed by atoms with Crippen molar-refractivity contribution in [1.29, 1.82) is 0 Å². The first-order valence-electron chi connectivity index (χ1n) is 7.69. The number of nitrogens with zero attached hydrogens (tertiary/aromatic N) is 2. The van der Waals surface area contributed by atoms with Gasteiger partial charge in [-0.25, -0.2) is 4.98 Å². The Morgan fingerprint density at radius 1 is 1.09 bits per heavy atom. The van der Waals surface area contributed by atoms with Gasteiger partial charge >= 0.3 is 0 Å². The number of anilines is 1. The first kappa shape index (κ1) is 18.0. The number of nitrogens with one attached hydrogen (secondary N) is 2. The third-order valence-corrected chi connectivity index (χ3v) is 8.10. The summed E-state index contributed by atoms with van der Waals surface area (Å²) in [7, 11) is 0. The molecule has 0 radical (unpaired) electrons. The van der Waals surface area contributed by atoms with Gasteiger partial charge in [-0.1, -0.05) is 0 Å². The van der Waals surface area contributed by atoms with Crippen molar-refractivity contribution in [2.24, 2.45) is 0 Å². The minimum Gasteiger partial charge on any atom is -0.353 e. The summed E-state index contributed by atoms with van der Waals surface area (Å²) >= 11 is 11.1. The van der Waals surface area contributed by atoms with Gasteiger partial charge in [-0.05, 0) is 92.1 Å². The van der Waals surface area contributed by atoms with Crippen LogP contribution in [0.25, 0.3) is 11.0 Å². The van der Waals surface area contributed by atoms with Crippen LogP contribution in [0.1, 0.15) is 24.8 Å². The number of hydrogen-bond donors (Lipinski definition) is 2. The van der Waals surface area contributed by atoms with E-state index >= 15 is 0 Å². The van der Waals surface area contributed by atoms with Crippen molar-refractivity contribution in [2.45, 2.75) is 38.3 Å². The molecule has 0 unspecified atom stereocenters. The minimum absolute atomic E-state index is 0. The van der Waals surface area contributed by atoms with Crippen molar-refractivity contribution >= 4 is 77.2 Å². The average Bonchev–Trinajstić information content (AvgIpc) is 2.91. The van der Waals surface area contributed by atoms with E-state index in [9.17, 15) is 0 Å². The number of rotatable bonds is 2. The monoisotopic (exact) mass is 526 g/mol. The second-order valence-corrected chi connectivity index (χ2v) is 8.36. The molecule has 0 spiro atoms. The number of piperidine rings is 1. The van der Waals surface area contributed by atoms with E-state index < -0.39 is 0 Å². The number of imidazole rings is 1. The number of hydrogen-bond acceptors (Lipinski definition) is 3. The van der Waals surface area contributed by atoms with Crippen LogP contribution in [0.4, 0.5) is 5.95 Å². The topological polar surface area (TPSA) is 41.9 Å². The quantitative estimate of drug-likeness (QED) is 0.547. The lowest BCUT2D eigenvalue weighted by Crippen LogP contribution is -2.36. The highest BCUT2D eigenvalue weighted by molar-refractivity contribution is 9.14. The summed E-state index contributed by atoms with van der Waals surface area (Å²) in [5.74, 6) is 1.02. The summed E-state index contributed by atoms with van der Waals surface area (Å²) in [4.78, 5) is 4.91. The molecule has 0 bridgehead atoms. The van der Waals surface area contributed by atoms with Crippen LogP contribution in [0.15, 0.2) is 13.4 Å². The summed E-state index contributed by atoms with van der Waals surface area (Å²) < 4.78 is 5.61. The van der Waals surface area contributed by atoms with Crippen LogP contribution in [-0.2, 0) is 13.0 Å². The molecule has 1 aromatic heterocycles. The molecule has 0 atom stereocenters. The van der Waals surface area contributed by atoms with Crippen molar-refractivity contribution < 1.29 is 0 Å². The van der Waals surface area contributed by atoms with Crippen molar-refractivity contribution in [3.05, 3.63) is 19.0 Å². The number of aryl methyl sites for hydroxylation is 2. The van der Waals surface area contributed by atoms with Gasteiger partial charge in [0.15, 0.2) is 0 Å². The lowest BCUT2D eigenvalue weighted by atomic mass is 10.0. The Kier molecular flexibility index (Phi) is 5.63. The van der Waals surface area contributed by atoms with Crippen LogP contribution in [0.5, 0.6) is 0 Å². The van der Waals surface area contributed by atoms with E-state index in [4.69, 9.17) is 4.98 Å². The predicted octanol–water partition coefficient (Wildman–Crippen LogP) is 4.86. The summed E-state index contributed by atoms with van der Waals surface area (Å²) in [6.07, 6.45) is 4.57. The summed E-state index contributed by atoms with van der Waals surface area (Å²) in [5, 5.41) is 7.09. The highest BCUT2D eigenvalue weighted by atomic mass is 79.9. The van der Waals surface area contributed by atoms with E-state index in [1.54, 1.807) is 0 Å². The largest absolute Gasteiger partial charge is 0.353 e. The molecule has 1 fully saturated rings. The van der Waals surface area contributed by atoms with Crippen molar-refractivity contribution in [3.8, 4) is 0 Å². The van der Waals surface area contributed by atoms with E-state index in [-0.39, 0.29) is 12.4 Å². The molecular formula is C15H18Br3ClN4. The fourth-order valence-electron chi connectivity index (χ4n) is 3.47. The molecule has 0 amide bonds. The molecular weight excluding hydrogens is 511 g/mol. The number of benzene rings is 1. The summed E-state index contributed by atoms with van der Waals surface area (Å²) in [5.41, 5.74) is 3.69. The zero-order valence-electron chi connectivity index (χ0n) is 12.5. The van der Waals surface area contributed by atoms with Gasteiger partial charge in [0.2, 0.25) is 5.95 Å². The Morgan fingerprint density at radius 2 is 1.83 bits per heavy atom. The molecule has 23 heavy (non-hydrogen) atoms. The highest BCUT2D eigenvalue weighted by Gasteiger charge is 2.26. The molecule has 1 saturated heterocycles. The van der Waals surface area contributed by atoms with Gasteiger partial charge in [-0.3, -0.25) is 0 Å². The van der Waals surface area contributed by atoms with Gasteiger partial charge in [0.25, 0.3) is 0 Å². The molecule has 2 aromatic rings. The van der Waals surface area contributed by atoms with Crippen LogP contribution >= 0.6 is 60.2 Å². The second-order valence-electron chi connectivity index (χ2n) is 5.98. The molecule has 2 aliphatic rings. The highest BCUT2D eigenvalue weighted by Crippen LogP contribution is 2.43. The SMILES string of the molecule is Brc1c(Br)c2c3c(nc(NC4CCNCC4)n3CCC2)c1Br.Cl. The third-order valence-electron chi connectivity index (χ3n) is 4.59. The Hall–Kier alpha value is 0.180. The Bertz CT molecular complexity index is 740. The van der Waals surface area contributed by atoms with E-state index in [0.29, 0.717) is 6.04 Å². The molecule has 1 aromatic carbocycles. The molecule has 0 saturated carbocycles. The van der Waals surface area contributed by atoms with Crippen LogP contribution in [0, 0.1) is 0 Å². The smallest absolute Gasteiger partial charge is 0.204 e. The van der Waals surface area contributed by atoms with Gasteiger partial charge < -0.3 is 15.2 Å². The standard InChI is InChI=1S/C15H17Br3N4.ClH/c16-10-9-2-1-7-22-14(9)13(12(18)11(10)17)21-15(22)20-8-3-5-19-6-4-8;/h8,19H,1-7H2,(H,20,21);1H. The van der Waals surface area contributed by atoms with Crippen molar-refractivity contribution in [1.82, 2.24) is 14.9 Å². The molecule has 2 aliphatic heterocycles. The fraction of sp³-hybridized carbons (Fsp3) is 0.533. The normalized spacial score (nSPS) is 18.0. The average molecular weight is 530 g/mol. The Labute approximate surface area is 167 Å². The zero-order chi connectivity index (χ0) is 15.3. The van der Waals surface area contributed by atoms with Gasteiger partial charge in [0, 0.05) is 21.5 Å². The first-order chi connectivity index (χ1) is 10.7. The van der Waals surface area contributed by atoms with E-state index in [1.807, 2.05) is 0 Å². The molecule has 3 heterocycles. The van der Waals surface area contributed by atoms with Crippen LogP contribution in [-0.4, -0.2) is 28.7 Å². The number of halogens is 4. The summed E-state index contributed by atoms with van der Waals surface area (Å²) in [6.45, 7) is 3.21. The van der Waals surface area contributed by atoms with E-state index in [0.717, 1.165) is 70.2 Å². The second kappa shape index (κ2) is 7.20. The van der Waals surface area contributed by atoms with Gasteiger partial charge in [-0.2, -0.15) is 0 Å². The maximum Gasteiger partial charge on any atom is 0.204 e. The maximum atomic E-state index is 4.91. The minimum atomic E-state index is 0. The number of aromatic nitrogens is 2. The molecule has 4 nitrogen and oxygen atoms in total. The first-order valence-corrected chi connectivity index (χ1v) is 10.1. The zero-order valence-corrected chi connectivity index (χ0v) is 18.0. The molecule has 2 N–H and O–H groups in total. The molecule has 0 aliphatic carbocycles. The van der Waals surface area contributed by atoms with E-state index in [1.165, 1.54) is 11.1 Å². The van der Waals surface area contributed by atoms with E-state index in [2.05, 4.69) is 63.0 Å². The molecule has 8 heteroatoms. The predicted molar refractivity (Wildman–Crippen MR) is 108 cm³/mol. The fourth-order valence-corrected chi connectivity index (χ4v) is 5.22. The lowest BCUT2D eigenvalue weighted by Gasteiger charge is -2.25. The third kappa shape index (κ3) is 3.08. The van der Waals surface area contributed by atoms with Crippen molar-refractivity contribution in [2.75, 3.05) is 18.4 Å². The summed E-state index contributed by atoms with van der Waals surface area (Å²) in [6, 6.07) is 0.519. The van der Waals surface area contributed by atoms with Crippen molar-refractivity contribution in [3.63, 3.8) is 0 Å². The Balaban J connectivity index is 0.00000156. The Morgan fingerprint density at radius 3 is 2.57 bits per heavy atom. The van der Waals surface area contributed by atoms with Crippen LogP contribution in [0.3, 0.4) is 0 Å².